The van der Waals surface area contributed by atoms with Gasteiger partial charge in [-0.15, -0.1) is 11.3 Å². The molecule has 0 saturated heterocycles. The minimum atomic E-state index is -0.576. The van der Waals surface area contributed by atoms with Gasteiger partial charge >= 0.3 is 0 Å². The summed E-state index contributed by atoms with van der Waals surface area (Å²) in [6.45, 7) is 2.58. The molecule has 0 aliphatic carbocycles. The fourth-order valence-electron chi connectivity index (χ4n) is 3.45. The van der Waals surface area contributed by atoms with E-state index in [0.717, 1.165) is 27.0 Å². The van der Waals surface area contributed by atoms with Crippen LogP contribution in [-0.2, 0) is 17.9 Å². The van der Waals surface area contributed by atoms with E-state index in [2.05, 4.69) is 10.4 Å². The molecule has 0 atom stereocenters. The number of nitrogens with one attached hydrogen (secondary N) is 1. The second-order valence-electron chi connectivity index (χ2n) is 7.62. The van der Waals surface area contributed by atoms with E-state index in [1.54, 1.807) is 18.2 Å². The van der Waals surface area contributed by atoms with Crippen LogP contribution in [0, 0.1) is 6.92 Å². The Morgan fingerprint density at radius 1 is 1.12 bits per heavy atom. The summed E-state index contributed by atoms with van der Waals surface area (Å²) in [5.41, 5.74) is 7.89. The van der Waals surface area contributed by atoms with Gasteiger partial charge in [0.15, 0.2) is 18.1 Å². The number of carbonyl (C=O) groups excluding carboxylic acids is 2. The molecule has 2 amide bonds. The van der Waals surface area contributed by atoms with Crippen molar-refractivity contribution in [1.82, 2.24) is 15.1 Å². The van der Waals surface area contributed by atoms with Gasteiger partial charge in [0.2, 0.25) is 0 Å². The molecular formula is C24H23ClN4O4S. The van der Waals surface area contributed by atoms with Gasteiger partial charge in [-0.25, -0.2) is 0 Å². The molecule has 2 aromatic carbocycles. The van der Waals surface area contributed by atoms with Crippen LogP contribution in [0.5, 0.6) is 11.5 Å². The lowest BCUT2D eigenvalue weighted by Crippen LogP contribution is -2.22. The zero-order valence-corrected chi connectivity index (χ0v) is 20.2. The molecule has 0 saturated carbocycles. The van der Waals surface area contributed by atoms with Gasteiger partial charge in [0.1, 0.15) is 4.83 Å². The summed E-state index contributed by atoms with van der Waals surface area (Å²) in [6, 6.07) is 14.7. The minimum absolute atomic E-state index is 0.174. The number of benzene rings is 2. The Bertz CT molecular complexity index is 1350. The maximum atomic E-state index is 12.9. The molecule has 4 rings (SSSR count). The maximum Gasteiger partial charge on any atom is 0.261 e. The SMILES string of the molecule is COc1cc(CNC(=O)c2cc3c(C)nn(Cc4ccc(Cl)cc4)c3s2)ccc1OCC(N)=O. The van der Waals surface area contributed by atoms with Crippen LogP contribution in [0.15, 0.2) is 48.5 Å². The van der Waals surface area contributed by atoms with E-state index in [-0.39, 0.29) is 12.5 Å². The molecule has 4 aromatic rings. The molecule has 2 aromatic heterocycles. The zero-order chi connectivity index (χ0) is 24.2. The highest BCUT2D eigenvalue weighted by Gasteiger charge is 2.17. The van der Waals surface area contributed by atoms with E-state index < -0.39 is 5.91 Å². The monoisotopic (exact) mass is 498 g/mol. The Morgan fingerprint density at radius 2 is 1.85 bits per heavy atom. The van der Waals surface area contributed by atoms with E-state index in [1.807, 2.05) is 41.9 Å². The Labute approximate surface area is 205 Å². The summed E-state index contributed by atoms with van der Waals surface area (Å²) in [4.78, 5) is 25.3. The number of halogens is 1. The standard InChI is InChI=1S/C24H23ClN4O4S/c1-14-18-10-21(34-24(18)29(28-14)12-15-3-6-17(25)7-4-15)23(31)27-11-16-5-8-19(20(9-16)32-2)33-13-22(26)30/h3-10H,11-13H2,1-2H3,(H2,26,30)(H,27,31). The first-order valence-corrected chi connectivity index (χ1v) is 11.6. The van der Waals surface area contributed by atoms with E-state index in [4.69, 9.17) is 26.8 Å². The first-order valence-electron chi connectivity index (χ1n) is 10.4. The molecule has 176 valence electrons. The Balaban J connectivity index is 1.46. The van der Waals surface area contributed by atoms with Crippen molar-refractivity contribution in [3.8, 4) is 11.5 Å². The van der Waals surface area contributed by atoms with E-state index >= 15 is 0 Å². The van der Waals surface area contributed by atoms with Crippen LogP contribution in [0.25, 0.3) is 10.2 Å². The van der Waals surface area contributed by atoms with Gasteiger partial charge in [-0.3, -0.25) is 14.3 Å². The van der Waals surface area contributed by atoms with Crippen molar-refractivity contribution in [2.24, 2.45) is 5.73 Å². The predicted molar refractivity (Wildman–Crippen MR) is 132 cm³/mol. The number of fused-ring (bicyclic) bond motifs is 1. The number of nitrogens with two attached hydrogens (primary N) is 1. The second-order valence-corrected chi connectivity index (χ2v) is 9.09. The molecule has 0 radical (unpaired) electrons. The molecule has 0 spiro atoms. The number of hydrogen-bond acceptors (Lipinski definition) is 6. The topological polar surface area (TPSA) is 108 Å². The van der Waals surface area contributed by atoms with Crippen LogP contribution in [-0.4, -0.2) is 35.3 Å². The largest absolute Gasteiger partial charge is 0.493 e. The van der Waals surface area contributed by atoms with Gasteiger partial charge in [0, 0.05) is 17.0 Å². The molecule has 10 heteroatoms. The van der Waals surface area contributed by atoms with Crippen LogP contribution in [0.4, 0.5) is 0 Å². The number of ether oxygens (including phenoxy) is 2. The van der Waals surface area contributed by atoms with Crippen LogP contribution >= 0.6 is 22.9 Å². The number of rotatable bonds is 9. The van der Waals surface area contributed by atoms with Crippen LogP contribution < -0.4 is 20.5 Å². The fourth-order valence-corrected chi connectivity index (χ4v) is 4.66. The summed E-state index contributed by atoms with van der Waals surface area (Å²) < 4.78 is 12.6. The Morgan fingerprint density at radius 3 is 2.56 bits per heavy atom. The highest BCUT2D eigenvalue weighted by Crippen LogP contribution is 2.30. The molecule has 0 bridgehead atoms. The highest BCUT2D eigenvalue weighted by atomic mass is 35.5. The number of nitrogens with zero attached hydrogens (tertiary/aromatic N) is 2. The molecule has 2 heterocycles. The van der Waals surface area contributed by atoms with Crippen LogP contribution in [0.1, 0.15) is 26.5 Å². The number of carbonyl (C=O) groups is 2. The van der Waals surface area contributed by atoms with Gasteiger partial charge in [-0.2, -0.15) is 5.10 Å². The van der Waals surface area contributed by atoms with Gasteiger partial charge < -0.3 is 20.5 Å². The molecule has 0 fully saturated rings. The van der Waals surface area contributed by atoms with Crippen LogP contribution in [0.2, 0.25) is 5.02 Å². The maximum absolute atomic E-state index is 12.9. The van der Waals surface area contributed by atoms with Gasteiger partial charge in [-0.05, 0) is 48.4 Å². The molecule has 0 unspecified atom stereocenters. The number of thiophene rings is 1. The van der Waals surface area contributed by atoms with E-state index in [0.29, 0.717) is 34.5 Å². The summed E-state index contributed by atoms with van der Waals surface area (Å²) in [5, 5.41) is 9.21. The smallest absolute Gasteiger partial charge is 0.261 e. The van der Waals surface area contributed by atoms with Crippen molar-refractivity contribution in [2.75, 3.05) is 13.7 Å². The zero-order valence-electron chi connectivity index (χ0n) is 18.6. The van der Waals surface area contributed by atoms with Crippen molar-refractivity contribution in [2.45, 2.75) is 20.0 Å². The third-order valence-electron chi connectivity index (χ3n) is 5.13. The van der Waals surface area contributed by atoms with E-state index in [1.165, 1.54) is 18.4 Å². The summed E-state index contributed by atoms with van der Waals surface area (Å²) in [5.74, 6) is 0.106. The Hall–Kier alpha value is -3.56. The third kappa shape index (κ3) is 5.32. The third-order valence-corrected chi connectivity index (χ3v) is 6.53. The molecule has 34 heavy (non-hydrogen) atoms. The number of methoxy groups -OCH3 is 1. The predicted octanol–water partition coefficient (Wildman–Crippen LogP) is 3.91. The van der Waals surface area contributed by atoms with Crippen molar-refractivity contribution >= 4 is 45.0 Å². The normalized spacial score (nSPS) is 10.9. The average molecular weight is 499 g/mol. The van der Waals surface area contributed by atoms with Gasteiger partial charge in [0.05, 0.1) is 24.2 Å². The van der Waals surface area contributed by atoms with Crippen molar-refractivity contribution in [3.05, 3.63) is 75.3 Å². The summed E-state index contributed by atoms with van der Waals surface area (Å²) >= 11 is 7.38. The first kappa shape index (κ1) is 23.6. The number of primary amides is 1. The fraction of sp³-hybridized carbons (Fsp3) is 0.208. The lowest BCUT2D eigenvalue weighted by atomic mass is 10.2. The molecule has 0 aliphatic rings. The van der Waals surface area contributed by atoms with Crippen molar-refractivity contribution in [1.29, 1.82) is 0 Å². The van der Waals surface area contributed by atoms with Crippen LogP contribution in [0.3, 0.4) is 0 Å². The molecular weight excluding hydrogens is 476 g/mol. The molecule has 3 N–H and O–H groups in total. The summed E-state index contributed by atoms with van der Waals surface area (Å²) in [7, 11) is 1.50. The molecule has 8 nitrogen and oxygen atoms in total. The minimum Gasteiger partial charge on any atom is -0.493 e. The Kier molecular flexibility index (Phi) is 7.04. The summed E-state index contributed by atoms with van der Waals surface area (Å²) in [6.07, 6.45) is 0. The quantitative estimate of drug-likeness (QED) is 0.363. The average Bonchev–Trinajstić information content (AvgIpc) is 3.39. The molecule has 0 aliphatic heterocycles. The number of aromatic nitrogens is 2. The van der Waals surface area contributed by atoms with Gasteiger partial charge in [-0.1, -0.05) is 29.8 Å². The number of aryl methyl sites for hydroxylation is 1. The number of amides is 2. The highest BCUT2D eigenvalue weighted by molar-refractivity contribution is 7.20. The number of hydrogen-bond donors (Lipinski definition) is 2. The van der Waals surface area contributed by atoms with Crippen molar-refractivity contribution in [3.63, 3.8) is 0 Å². The van der Waals surface area contributed by atoms with Crippen molar-refractivity contribution < 1.29 is 19.1 Å². The van der Waals surface area contributed by atoms with Gasteiger partial charge in [0.25, 0.3) is 11.8 Å². The van der Waals surface area contributed by atoms with E-state index in [9.17, 15) is 9.59 Å². The lowest BCUT2D eigenvalue weighted by Gasteiger charge is -2.11. The first-order chi connectivity index (χ1) is 16.3. The lowest BCUT2D eigenvalue weighted by molar-refractivity contribution is -0.119. The second kappa shape index (κ2) is 10.1.